The smallest absolute Gasteiger partial charge is 0.254 e. The average Bonchev–Trinajstić information content (AvgIpc) is 2.62. The van der Waals surface area contributed by atoms with Gasteiger partial charge in [-0.05, 0) is 37.3 Å². The number of nitrogens with zero attached hydrogens (tertiary/aromatic N) is 1. The minimum atomic E-state index is -0.422. The van der Waals surface area contributed by atoms with Crippen LogP contribution < -0.4 is 5.32 Å². The van der Waals surface area contributed by atoms with Gasteiger partial charge in [0.2, 0.25) is 5.91 Å². The summed E-state index contributed by atoms with van der Waals surface area (Å²) in [6.45, 7) is 6.68. The van der Waals surface area contributed by atoms with Crippen LogP contribution in [0.3, 0.4) is 0 Å². The van der Waals surface area contributed by atoms with Crippen molar-refractivity contribution in [3.8, 4) is 0 Å². The monoisotopic (exact) mass is 344 g/mol. The molecule has 1 aliphatic rings. The molecule has 1 saturated carbocycles. The number of carbonyl (C=O) groups excluding carboxylic acids is 2. The molecule has 0 bridgehead atoms. The van der Waals surface area contributed by atoms with Crippen LogP contribution in [0.1, 0.15) is 69.7 Å². The second-order valence-corrected chi connectivity index (χ2v) is 7.40. The Morgan fingerprint density at radius 3 is 2.32 bits per heavy atom. The molecule has 1 unspecified atom stereocenters. The fourth-order valence-corrected chi connectivity index (χ4v) is 3.69. The van der Waals surface area contributed by atoms with Crippen molar-refractivity contribution in [2.45, 2.75) is 71.4 Å². The first-order valence-electron chi connectivity index (χ1n) is 9.71. The van der Waals surface area contributed by atoms with Crippen molar-refractivity contribution in [1.82, 2.24) is 10.2 Å². The molecule has 0 aromatic heterocycles. The van der Waals surface area contributed by atoms with Crippen molar-refractivity contribution in [2.75, 3.05) is 6.54 Å². The molecule has 138 valence electrons. The van der Waals surface area contributed by atoms with Gasteiger partial charge in [0.25, 0.3) is 5.91 Å². The molecule has 0 heterocycles. The molecule has 0 aliphatic heterocycles. The number of rotatable bonds is 7. The maximum absolute atomic E-state index is 13.0. The van der Waals surface area contributed by atoms with Crippen molar-refractivity contribution in [1.29, 1.82) is 0 Å². The fourth-order valence-electron chi connectivity index (χ4n) is 3.69. The van der Waals surface area contributed by atoms with Gasteiger partial charge in [-0.1, -0.05) is 58.2 Å². The Bertz CT molecular complexity index is 550. The number of benzene rings is 1. The minimum Gasteiger partial charge on any atom is -0.352 e. The number of hydrogen-bond donors (Lipinski definition) is 1. The number of amides is 2. The van der Waals surface area contributed by atoms with E-state index in [9.17, 15) is 9.59 Å². The summed E-state index contributed by atoms with van der Waals surface area (Å²) in [7, 11) is 0. The van der Waals surface area contributed by atoms with Crippen molar-refractivity contribution >= 4 is 11.8 Å². The first kappa shape index (κ1) is 19.5. The van der Waals surface area contributed by atoms with E-state index in [0.29, 0.717) is 12.1 Å². The molecule has 0 saturated heterocycles. The SMILES string of the molecule is CCCN(C(=O)c1ccccc1)C(C(=O)NC1CCCCC1)C(C)C. The summed E-state index contributed by atoms with van der Waals surface area (Å²) >= 11 is 0. The molecule has 25 heavy (non-hydrogen) atoms. The minimum absolute atomic E-state index is 0.000342. The van der Waals surface area contributed by atoms with Crippen LogP contribution in [0, 0.1) is 5.92 Å². The molecule has 2 amide bonds. The Morgan fingerprint density at radius 2 is 1.76 bits per heavy atom. The molecule has 0 spiro atoms. The largest absolute Gasteiger partial charge is 0.352 e. The predicted octanol–water partition coefficient (Wildman–Crippen LogP) is 4.01. The van der Waals surface area contributed by atoms with E-state index in [2.05, 4.69) is 5.32 Å². The lowest BCUT2D eigenvalue weighted by atomic mass is 9.94. The molecule has 1 aromatic carbocycles. The summed E-state index contributed by atoms with van der Waals surface area (Å²) in [6.07, 6.45) is 6.55. The third kappa shape index (κ3) is 5.32. The maximum atomic E-state index is 13.0. The molecule has 2 rings (SSSR count). The zero-order valence-electron chi connectivity index (χ0n) is 15.8. The van der Waals surface area contributed by atoms with Crippen molar-refractivity contribution in [3.05, 3.63) is 35.9 Å². The Balaban J connectivity index is 2.17. The average molecular weight is 344 g/mol. The van der Waals surface area contributed by atoms with Gasteiger partial charge in [-0.25, -0.2) is 0 Å². The van der Waals surface area contributed by atoms with Gasteiger partial charge in [0.15, 0.2) is 0 Å². The van der Waals surface area contributed by atoms with E-state index in [4.69, 9.17) is 0 Å². The highest BCUT2D eigenvalue weighted by molar-refractivity contribution is 5.97. The van der Waals surface area contributed by atoms with Gasteiger partial charge in [-0.15, -0.1) is 0 Å². The van der Waals surface area contributed by atoms with E-state index in [0.717, 1.165) is 19.3 Å². The molecule has 1 N–H and O–H groups in total. The first-order valence-corrected chi connectivity index (χ1v) is 9.71. The van der Waals surface area contributed by atoms with Crippen LogP contribution in [-0.4, -0.2) is 35.3 Å². The molecule has 1 aliphatic carbocycles. The lowest BCUT2D eigenvalue weighted by Gasteiger charge is -2.35. The fraction of sp³-hybridized carbons (Fsp3) is 0.619. The van der Waals surface area contributed by atoms with Gasteiger partial charge >= 0.3 is 0 Å². The summed E-state index contributed by atoms with van der Waals surface area (Å²) in [5, 5.41) is 3.21. The summed E-state index contributed by atoms with van der Waals surface area (Å²) in [5.41, 5.74) is 0.645. The van der Waals surface area contributed by atoms with E-state index in [1.807, 2.05) is 51.1 Å². The summed E-state index contributed by atoms with van der Waals surface area (Å²) in [5.74, 6) is 0.0161. The maximum Gasteiger partial charge on any atom is 0.254 e. The van der Waals surface area contributed by atoms with Gasteiger partial charge in [0.1, 0.15) is 6.04 Å². The van der Waals surface area contributed by atoms with Gasteiger partial charge in [-0.2, -0.15) is 0 Å². The topological polar surface area (TPSA) is 49.4 Å². The number of carbonyl (C=O) groups is 2. The zero-order chi connectivity index (χ0) is 18.2. The Kier molecular flexibility index (Phi) is 7.48. The van der Waals surface area contributed by atoms with Gasteiger partial charge in [0.05, 0.1) is 0 Å². The van der Waals surface area contributed by atoms with Crippen LogP contribution in [0.5, 0.6) is 0 Å². The Hall–Kier alpha value is -1.84. The molecular formula is C21H32N2O2. The Labute approximate surface area is 152 Å². The second kappa shape index (κ2) is 9.59. The van der Waals surface area contributed by atoms with Crippen LogP contribution in [0.15, 0.2) is 30.3 Å². The summed E-state index contributed by atoms with van der Waals surface area (Å²) < 4.78 is 0. The van der Waals surface area contributed by atoms with Gasteiger partial charge in [0, 0.05) is 18.2 Å². The highest BCUT2D eigenvalue weighted by atomic mass is 16.2. The lowest BCUT2D eigenvalue weighted by Crippen LogP contribution is -2.54. The highest BCUT2D eigenvalue weighted by Crippen LogP contribution is 2.20. The third-order valence-corrected chi connectivity index (χ3v) is 4.93. The molecular weight excluding hydrogens is 312 g/mol. The molecule has 1 atom stereocenters. The van der Waals surface area contributed by atoms with E-state index >= 15 is 0 Å². The summed E-state index contributed by atoms with van der Waals surface area (Å²) in [6, 6.07) is 9.11. The van der Waals surface area contributed by atoms with Crippen LogP contribution in [0.4, 0.5) is 0 Å². The summed E-state index contributed by atoms with van der Waals surface area (Å²) in [4.78, 5) is 27.8. The van der Waals surface area contributed by atoms with Crippen LogP contribution in [-0.2, 0) is 4.79 Å². The number of hydrogen-bond acceptors (Lipinski definition) is 2. The van der Waals surface area contributed by atoms with Gasteiger partial charge in [-0.3, -0.25) is 9.59 Å². The van der Waals surface area contributed by atoms with Crippen LogP contribution in [0.25, 0.3) is 0 Å². The zero-order valence-corrected chi connectivity index (χ0v) is 15.8. The molecule has 0 radical (unpaired) electrons. The van der Waals surface area contributed by atoms with E-state index in [1.54, 1.807) is 4.90 Å². The lowest BCUT2D eigenvalue weighted by molar-refractivity contribution is -0.128. The van der Waals surface area contributed by atoms with Crippen LogP contribution in [0.2, 0.25) is 0 Å². The van der Waals surface area contributed by atoms with E-state index < -0.39 is 6.04 Å². The van der Waals surface area contributed by atoms with Crippen molar-refractivity contribution in [3.63, 3.8) is 0 Å². The molecule has 4 nitrogen and oxygen atoms in total. The van der Waals surface area contributed by atoms with E-state index in [1.165, 1.54) is 19.3 Å². The third-order valence-electron chi connectivity index (χ3n) is 4.93. The normalized spacial score (nSPS) is 16.5. The second-order valence-electron chi connectivity index (χ2n) is 7.40. The van der Waals surface area contributed by atoms with Crippen molar-refractivity contribution < 1.29 is 9.59 Å². The highest BCUT2D eigenvalue weighted by Gasteiger charge is 2.33. The molecule has 1 fully saturated rings. The first-order chi connectivity index (χ1) is 12.0. The van der Waals surface area contributed by atoms with Crippen molar-refractivity contribution in [2.24, 2.45) is 5.92 Å². The van der Waals surface area contributed by atoms with Crippen LogP contribution >= 0.6 is 0 Å². The standard InChI is InChI=1S/C21H32N2O2/c1-4-15-23(21(25)17-11-7-5-8-12-17)19(16(2)3)20(24)22-18-13-9-6-10-14-18/h5,7-8,11-12,16,18-19H,4,6,9-10,13-15H2,1-3H3,(H,22,24). The Morgan fingerprint density at radius 1 is 1.12 bits per heavy atom. The quantitative estimate of drug-likeness (QED) is 0.812. The number of nitrogens with one attached hydrogen (secondary N) is 1. The van der Waals surface area contributed by atoms with Gasteiger partial charge < -0.3 is 10.2 Å². The van der Waals surface area contributed by atoms with E-state index in [-0.39, 0.29) is 23.8 Å². The molecule has 4 heteroatoms. The predicted molar refractivity (Wildman–Crippen MR) is 101 cm³/mol. The molecule has 1 aromatic rings.